The van der Waals surface area contributed by atoms with Gasteiger partial charge in [0.05, 0.1) is 6.42 Å². The standard InChI is InChI=1S/C19H24N3O8PS2/c1-29-19(20-14(23)9-13-5-4-8-32-13)16(24)22-15(31(26,27)28)12(11-33-17(19)22)10-30-18(25)21-6-2-3-7-21/h4-5,8,17H,2-3,6-7,9-11H2,1H3,(H,20,23)(H2,26,27,28)/t17-,19?/m1/s1. The van der Waals surface area contributed by atoms with Crippen LogP contribution in [0.3, 0.4) is 0 Å². The van der Waals surface area contributed by atoms with Crippen LogP contribution in [0.15, 0.2) is 28.5 Å². The van der Waals surface area contributed by atoms with Crippen LogP contribution in [0, 0.1) is 0 Å². The molecule has 0 bridgehead atoms. The van der Waals surface area contributed by atoms with Crippen molar-refractivity contribution in [1.82, 2.24) is 15.1 Å². The number of thioether (sulfide) groups is 1. The summed E-state index contributed by atoms with van der Waals surface area (Å²) in [6.07, 6.45) is 1.25. The van der Waals surface area contributed by atoms with Crippen LogP contribution in [-0.2, 0) is 30.0 Å². The van der Waals surface area contributed by atoms with Gasteiger partial charge in [-0.3, -0.25) is 19.1 Å². The fraction of sp³-hybridized carbons (Fsp3) is 0.526. The first-order chi connectivity index (χ1) is 15.7. The molecule has 0 spiro atoms. The van der Waals surface area contributed by atoms with Crippen molar-refractivity contribution >= 4 is 48.6 Å². The van der Waals surface area contributed by atoms with Gasteiger partial charge in [-0.2, -0.15) is 0 Å². The number of methoxy groups -OCH3 is 1. The third-order valence-electron chi connectivity index (χ3n) is 5.65. The van der Waals surface area contributed by atoms with Gasteiger partial charge in [0.1, 0.15) is 17.4 Å². The van der Waals surface area contributed by atoms with Gasteiger partial charge >= 0.3 is 13.7 Å². The molecule has 0 radical (unpaired) electrons. The zero-order valence-electron chi connectivity index (χ0n) is 17.8. The van der Waals surface area contributed by atoms with Gasteiger partial charge in [0.25, 0.3) is 11.6 Å². The summed E-state index contributed by atoms with van der Waals surface area (Å²) in [6.45, 7) is 0.808. The second kappa shape index (κ2) is 9.40. The van der Waals surface area contributed by atoms with Crippen LogP contribution < -0.4 is 5.32 Å². The molecule has 1 unspecified atom stereocenters. The Labute approximate surface area is 198 Å². The van der Waals surface area contributed by atoms with Crippen LogP contribution in [0.2, 0.25) is 0 Å². The third-order valence-corrected chi connectivity index (χ3v) is 8.98. The van der Waals surface area contributed by atoms with E-state index < -0.39 is 42.0 Å². The van der Waals surface area contributed by atoms with Gasteiger partial charge in [0.2, 0.25) is 5.91 Å². The highest BCUT2D eigenvalue weighted by Crippen LogP contribution is 2.58. The van der Waals surface area contributed by atoms with Gasteiger partial charge in [-0.1, -0.05) is 6.07 Å². The van der Waals surface area contributed by atoms with Gasteiger partial charge in [-0.25, -0.2) is 4.79 Å². The SMILES string of the molecule is COC1(NC(=O)Cc2cccs2)C(=O)N2C(P(=O)(O)O)=C(COC(=O)N3CCCC3)CS[C@@H]21. The molecule has 0 aliphatic carbocycles. The van der Waals surface area contributed by atoms with Gasteiger partial charge in [-0.05, 0) is 24.3 Å². The maximum atomic E-state index is 13.1. The van der Waals surface area contributed by atoms with Gasteiger partial charge in [-0.15, -0.1) is 23.1 Å². The quantitative estimate of drug-likeness (QED) is 0.277. The van der Waals surface area contributed by atoms with Crippen molar-refractivity contribution in [3.05, 3.63) is 33.4 Å². The molecule has 3 amide bonds. The van der Waals surface area contributed by atoms with E-state index in [1.54, 1.807) is 6.07 Å². The summed E-state index contributed by atoms with van der Waals surface area (Å²) >= 11 is 2.57. The fourth-order valence-electron chi connectivity index (χ4n) is 4.09. The molecule has 4 heterocycles. The summed E-state index contributed by atoms with van der Waals surface area (Å²) in [5, 5.41) is 3.57. The molecule has 0 aromatic carbocycles. The highest BCUT2D eigenvalue weighted by molar-refractivity contribution is 8.00. The molecule has 1 aromatic heterocycles. The lowest BCUT2D eigenvalue weighted by atomic mass is 10.0. The number of hydrogen-bond donors (Lipinski definition) is 3. The summed E-state index contributed by atoms with van der Waals surface area (Å²) < 4.78 is 23.0. The van der Waals surface area contributed by atoms with E-state index in [2.05, 4.69) is 5.32 Å². The molecule has 33 heavy (non-hydrogen) atoms. The van der Waals surface area contributed by atoms with E-state index in [4.69, 9.17) is 9.47 Å². The van der Waals surface area contributed by atoms with Crippen molar-refractivity contribution in [2.24, 2.45) is 0 Å². The number of hydrogen-bond acceptors (Lipinski definition) is 8. The molecular formula is C19H24N3O8PS2. The van der Waals surface area contributed by atoms with E-state index >= 15 is 0 Å². The van der Waals surface area contributed by atoms with E-state index in [9.17, 15) is 28.7 Å². The Hall–Kier alpha value is -1.89. The van der Waals surface area contributed by atoms with Gasteiger partial charge in [0, 0.05) is 36.4 Å². The highest BCUT2D eigenvalue weighted by atomic mass is 32.2. The maximum absolute atomic E-state index is 13.1. The van der Waals surface area contributed by atoms with Crippen molar-refractivity contribution in [3.63, 3.8) is 0 Å². The first-order valence-corrected chi connectivity index (χ1v) is 13.7. The third kappa shape index (κ3) is 4.58. The lowest BCUT2D eigenvalue weighted by Crippen LogP contribution is -2.80. The monoisotopic (exact) mass is 517 g/mol. The normalized spacial score (nSPS) is 25.1. The minimum atomic E-state index is -4.91. The molecule has 4 rings (SSSR count). The van der Waals surface area contributed by atoms with Crippen molar-refractivity contribution in [1.29, 1.82) is 0 Å². The number of amides is 3. The summed E-state index contributed by atoms with van der Waals surface area (Å²) in [4.78, 5) is 61.2. The Kier molecular flexibility index (Phi) is 6.90. The molecule has 14 heteroatoms. The van der Waals surface area contributed by atoms with Gasteiger partial charge < -0.3 is 29.5 Å². The average molecular weight is 518 g/mol. The largest absolute Gasteiger partial charge is 0.445 e. The number of fused-ring (bicyclic) bond motifs is 1. The Morgan fingerprint density at radius 2 is 2.06 bits per heavy atom. The van der Waals surface area contributed by atoms with E-state index in [1.165, 1.54) is 35.1 Å². The predicted molar refractivity (Wildman–Crippen MR) is 120 cm³/mol. The highest BCUT2D eigenvalue weighted by Gasteiger charge is 2.67. The first-order valence-electron chi connectivity index (χ1n) is 10.2. The Bertz CT molecular complexity index is 1020. The number of nitrogens with zero attached hydrogens (tertiary/aromatic N) is 2. The summed E-state index contributed by atoms with van der Waals surface area (Å²) in [7, 11) is -3.65. The predicted octanol–water partition coefficient (Wildman–Crippen LogP) is 1.29. The van der Waals surface area contributed by atoms with Crippen molar-refractivity contribution in [3.8, 4) is 0 Å². The minimum Gasteiger partial charge on any atom is -0.445 e. The molecule has 3 aliphatic rings. The zero-order chi connectivity index (χ0) is 23.8. The molecule has 180 valence electrons. The van der Waals surface area contributed by atoms with E-state index in [0.29, 0.717) is 13.1 Å². The summed E-state index contributed by atoms with van der Waals surface area (Å²) in [5.74, 6) is -1.14. The number of carbonyl (C=O) groups excluding carboxylic acids is 3. The topological polar surface area (TPSA) is 146 Å². The minimum absolute atomic E-state index is 0.0480. The molecule has 1 aromatic rings. The number of rotatable bonds is 7. The van der Waals surface area contributed by atoms with Crippen LogP contribution in [0.5, 0.6) is 0 Å². The van der Waals surface area contributed by atoms with Crippen molar-refractivity contribution in [2.75, 3.05) is 32.6 Å². The first kappa shape index (κ1) is 24.2. The lowest BCUT2D eigenvalue weighted by molar-refractivity contribution is -0.190. The summed E-state index contributed by atoms with van der Waals surface area (Å²) in [6, 6.07) is 3.60. The smallest absolute Gasteiger partial charge is 0.410 e. The second-order valence-electron chi connectivity index (χ2n) is 7.80. The molecule has 2 atom stereocenters. The Morgan fingerprint density at radius 3 is 2.67 bits per heavy atom. The molecule has 0 saturated carbocycles. The number of likely N-dealkylation sites (tertiary alicyclic amines) is 1. The number of thiophene rings is 1. The Balaban J connectivity index is 1.52. The summed E-state index contributed by atoms with van der Waals surface area (Å²) in [5.41, 5.74) is -2.08. The van der Waals surface area contributed by atoms with Crippen LogP contribution in [0.1, 0.15) is 17.7 Å². The van der Waals surface area contributed by atoms with Crippen molar-refractivity contribution in [2.45, 2.75) is 30.4 Å². The molecule has 2 fully saturated rings. The van der Waals surface area contributed by atoms with E-state index in [-0.39, 0.29) is 24.4 Å². The lowest BCUT2D eigenvalue weighted by Gasteiger charge is -2.56. The van der Waals surface area contributed by atoms with E-state index in [1.807, 2.05) is 11.4 Å². The van der Waals surface area contributed by atoms with E-state index in [0.717, 1.165) is 22.6 Å². The molecule has 3 N–H and O–H groups in total. The maximum Gasteiger partial charge on any atom is 0.410 e. The molecule has 3 aliphatic heterocycles. The number of carbonyl (C=O) groups is 3. The average Bonchev–Trinajstić information content (AvgIpc) is 3.48. The fourth-order valence-corrected chi connectivity index (χ4v) is 7.44. The molecule has 2 saturated heterocycles. The molecular weight excluding hydrogens is 493 g/mol. The van der Waals surface area contributed by atoms with Crippen molar-refractivity contribution < 1.29 is 38.2 Å². The van der Waals surface area contributed by atoms with Crippen LogP contribution in [0.4, 0.5) is 4.79 Å². The van der Waals surface area contributed by atoms with Crippen LogP contribution >= 0.6 is 30.7 Å². The number of β-lactam (4-membered cyclic amide) rings is 1. The number of nitrogens with one attached hydrogen (secondary N) is 1. The van der Waals surface area contributed by atoms with Gasteiger partial charge in [0.15, 0.2) is 0 Å². The zero-order valence-corrected chi connectivity index (χ0v) is 20.3. The van der Waals surface area contributed by atoms with Crippen LogP contribution in [0.25, 0.3) is 0 Å². The Morgan fingerprint density at radius 1 is 1.33 bits per heavy atom. The molecule has 11 nitrogen and oxygen atoms in total. The second-order valence-corrected chi connectivity index (χ2v) is 11.4. The number of ether oxygens (including phenoxy) is 2. The van der Waals surface area contributed by atoms with Crippen LogP contribution in [-0.4, -0.2) is 81.2 Å².